The summed E-state index contributed by atoms with van der Waals surface area (Å²) in [6, 6.07) is 4.27. The van der Waals surface area contributed by atoms with Crippen molar-refractivity contribution in [2.75, 3.05) is 31.6 Å². The first kappa shape index (κ1) is 34.8. The van der Waals surface area contributed by atoms with Gasteiger partial charge in [-0.05, 0) is 104 Å². The lowest BCUT2D eigenvalue weighted by atomic mass is 9.61. The third kappa shape index (κ3) is 6.77. The van der Waals surface area contributed by atoms with Gasteiger partial charge in [0.2, 0.25) is 11.8 Å². The number of hydrogen-bond acceptors (Lipinski definition) is 10. The largest absolute Gasteiger partial charge is 0.474 e. The number of carbonyl (C=O) groups excluding carboxylic acids is 2. The zero-order valence-corrected chi connectivity index (χ0v) is 29.9. The number of carbonyl (C=O) groups is 2. The highest BCUT2D eigenvalue weighted by molar-refractivity contribution is 7.12. The number of ketones is 1. The second-order valence-electron chi connectivity index (χ2n) is 13.9. The Morgan fingerprint density at radius 2 is 1.89 bits per heavy atom. The molecule has 47 heavy (non-hydrogen) atoms. The number of piperazine rings is 1. The van der Waals surface area contributed by atoms with Crippen molar-refractivity contribution in [3.8, 4) is 11.9 Å². The number of allylic oxidation sites excluding steroid dienone is 1. The number of anilines is 1. The van der Waals surface area contributed by atoms with Crippen molar-refractivity contribution in [2.24, 2.45) is 11.7 Å². The van der Waals surface area contributed by atoms with Crippen molar-refractivity contribution in [2.45, 2.75) is 117 Å². The lowest BCUT2D eigenvalue weighted by molar-refractivity contribution is -0.133. The molecule has 0 unspecified atom stereocenters. The Balaban J connectivity index is 1.54. The normalized spacial score (nSPS) is 25.3. The number of nitrogens with zero attached hydrogens (tertiary/aromatic N) is 5. The Morgan fingerprint density at radius 1 is 1.21 bits per heavy atom. The van der Waals surface area contributed by atoms with Gasteiger partial charge in [-0.25, -0.2) is 4.98 Å². The van der Waals surface area contributed by atoms with E-state index < -0.39 is 5.41 Å². The quantitative estimate of drug-likeness (QED) is 0.272. The second-order valence-corrected chi connectivity index (χ2v) is 15.2. The van der Waals surface area contributed by atoms with Crippen LogP contribution in [-0.4, -0.2) is 71.4 Å². The number of Topliss-reactive ketones (excluding diaryl/α,β-unsaturated/α-hetero) is 1. The molecular weight excluding hydrogens is 611 g/mol. The fourth-order valence-electron chi connectivity index (χ4n) is 8.08. The number of fused-ring (bicyclic) bond motifs is 2. The van der Waals surface area contributed by atoms with Gasteiger partial charge in [-0.2, -0.15) is 10.2 Å². The van der Waals surface area contributed by atoms with E-state index in [0.717, 1.165) is 66.8 Å². The summed E-state index contributed by atoms with van der Waals surface area (Å²) in [5.74, 6) is 1.75. The number of aryl methyl sites for hydroxylation is 2. The maximum atomic E-state index is 14.6. The molecule has 2 aromatic rings. The third-order valence-electron chi connectivity index (χ3n) is 10.5. The molecule has 5 rings (SSSR count). The van der Waals surface area contributed by atoms with Gasteiger partial charge in [0.1, 0.15) is 18.0 Å². The van der Waals surface area contributed by atoms with Crippen LogP contribution >= 0.6 is 11.3 Å². The van der Waals surface area contributed by atoms with Crippen LogP contribution in [-0.2, 0) is 21.4 Å². The van der Waals surface area contributed by atoms with E-state index in [0.29, 0.717) is 54.1 Å². The van der Waals surface area contributed by atoms with Gasteiger partial charge in [0.25, 0.3) is 0 Å². The molecular formula is C36H51N7O3S. The molecule has 0 aromatic carbocycles. The van der Waals surface area contributed by atoms with E-state index in [4.69, 9.17) is 20.4 Å². The van der Waals surface area contributed by atoms with Crippen LogP contribution in [0.2, 0.25) is 0 Å². The lowest BCUT2D eigenvalue weighted by Crippen LogP contribution is -2.58. The number of rotatable bonds is 9. The molecule has 1 saturated heterocycles. The molecule has 2 fully saturated rings. The molecule has 2 aliphatic carbocycles. The first-order valence-electron chi connectivity index (χ1n) is 17.2. The average Bonchev–Trinajstić information content (AvgIpc) is 3.37. The van der Waals surface area contributed by atoms with Gasteiger partial charge < -0.3 is 25.6 Å². The molecule has 1 amide bonds. The minimum atomic E-state index is -0.732. The second kappa shape index (κ2) is 14.3. The van der Waals surface area contributed by atoms with Crippen molar-refractivity contribution in [1.82, 2.24) is 20.2 Å². The van der Waals surface area contributed by atoms with Gasteiger partial charge in [-0.1, -0.05) is 6.92 Å². The Kier molecular flexibility index (Phi) is 10.6. The number of ether oxygens (including phenoxy) is 1. The molecule has 5 atom stereocenters. The van der Waals surface area contributed by atoms with Crippen molar-refractivity contribution in [3.05, 3.63) is 38.3 Å². The molecule has 2 aromatic heterocycles. The zero-order valence-electron chi connectivity index (χ0n) is 29.1. The van der Waals surface area contributed by atoms with Gasteiger partial charge in [-0.3, -0.25) is 9.59 Å². The maximum absolute atomic E-state index is 14.6. The summed E-state index contributed by atoms with van der Waals surface area (Å²) < 4.78 is 6.49. The number of hydrogen-bond donors (Lipinski definition) is 2. The third-order valence-corrected chi connectivity index (χ3v) is 11.7. The zero-order chi connectivity index (χ0) is 34.0. The summed E-state index contributed by atoms with van der Waals surface area (Å²) in [6.45, 7) is 14.1. The minimum absolute atomic E-state index is 0.00969. The predicted octanol–water partition coefficient (Wildman–Crippen LogP) is 5.26. The SMILES string of the molecule is CNCCC[C@H](C)[C@H](C)Oc1cc(N2C[C@H](C)N(C(C)=O)[C@@H](C)C2)nc(/C(N)=C2\CCC[C@@]3(CCCc4sc(C)c(C#N)c43)C2=O)n1. The molecule has 254 valence electrons. The van der Waals surface area contributed by atoms with Crippen LogP contribution in [0, 0.1) is 24.2 Å². The highest BCUT2D eigenvalue weighted by atomic mass is 32.1. The highest BCUT2D eigenvalue weighted by Crippen LogP contribution is 2.51. The van der Waals surface area contributed by atoms with E-state index in [9.17, 15) is 14.9 Å². The fourth-order valence-corrected chi connectivity index (χ4v) is 9.34. The van der Waals surface area contributed by atoms with Crippen LogP contribution in [0.5, 0.6) is 5.88 Å². The first-order chi connectivity index (χ1) is 22.4. The Bertz CT molecular complexity index is 1570. The summed E-state index contributed by atoms with van der Waals surface area (Å²) in [5.41, 5.74) is 8.65. The van der Waals surface area contributed by atoms with Gasteiger partial charge in [-0.15, -0.1) is 11.3 Å². The Hall–Kier alpha value is -3.49. The van der Waals surface area contributed by atoms with Crippen LogP contribution in [0.25, 0.3) is 5.70 Å². The molecule has 1 spiro atoms. The molecule has 11 heteroatoms. The van der Waals surface area contributed by atoms with E-state index in [1.807, 2.05) is 24.9 Å². The number of thiophene rings is 1. The first-order valence-corrected chi connectivity index (χ1v) is 18.0. The molecule has 3 heterocycles. The average molecular weight is 662 g/mol. The predicted molar refractivity (Wildman–Crippen MR) is 186 cm³/mol. The smallest absolute Gasteiger partial charge is 0.220 e. The minimum Gasteiger partial charge on any atom is -0.474 e. The van der Waals surface area contributed by atoms with E-state index in [1.54, 1.807) is 18.3 Å². The number of nitriles is 1. The Morgan fingerprint density at radius 3 is 2.53 bits per heavy atom. The molecule has 1 aliphatic heterocycles. The molecule has 1 saturated carbocycles. The van der Waals surface area contributed by atoms with Crippen molar-refractivity contribution in [1.29, 1.82) is 5.26 Å². The molecule has 0 bridgehead atoms. The van der Waals surface area contributed by atoms with Crippen molar-refractivity contribution >= 4 is 34.5 Å². The number of amides is 1. The highest BCUT2D eigenvalue weighted by Gasteiger charge is 2.49. The van der Waals surface area contributed by atoms with Gasteiger partial charge in [0, 0.05) is 53.5 Å². The van der Waals surface area contributed by atoms with Crippen LogP contribution in [0.15, 0.2) is 11.6 Å². The van der Waals surface area contributed by atoms with Crippen molar-refractivity contribution in [3.63, 3.8) is 0 Å². The van der Waals surface area contributed by atoms with E-state index in [2.05, 4.69) is 44.0 Å². The summed E-state index contributed by atoms with van der Waals surface area (Å²) in [4.78, 5) is 43.0. The fraction of sp³-hybridized carbons (Fsp3) is 0.639. The monoisotopic (exact) mass is 661 g/mol. The van der Waals surface area contributed by atoms with Gasteiger partial charge >= 0.3 is 0 Å². The standard InChI is InChI=1S/C36H51N7O3S/c1-21(11-10-16-39-7)24(4)46-31-17-30(42-19-22(2)43(26(6)44)23(3)20-42)40-35(41-31)33(38)27-12-8-14-36(34(27)45)15-9-13-29-32(36)28(18-37)25(5)47-29/h17,21-24,39H,8-16,19-20,38H2,1-7H3/b33-27-/t21-,22-,23-,24-,36-/m0/s1. The molecule has 10 nitrogen and oxygen atoms in total. The van der Waals surface area contributed by atoms with Crippen LogP contribution in [0.4, 0.5) is 5.82 Å². The molecule has 0 radical (unpaired) electrons. The molecule has 3 N–H and O–H groups in total. The summed E-state index contributed by atoms with van der Waals surface area (Å²) in [6.07, 6.45) is 6.54. The number of nitrogens with two attached hydrogens (primary N) is 1. The number of nitrogens with one attached hydrogen (secondary N) is 1. The Labute approximate surface area is 283 Å². The topological polar surface area (TPSA) is 137 Å². The van der Waals surface area contributed by atoms with Gasteiger partial charge in [0.15, 0.2) is 11.6 Å². The lowest BCUT2D eigenvalue weighted by Gasteiger charge is -2.44. The number of aromatic nitrogens is 2. The van der Waals surface area contributed by atoms with Crippen LogP contribution < -0.4 is 20.7 Å². The van der Waals surface area contributed by atoms with Crippen LogP contribution in [0.3, 0.4) is 0 Å². The van der Waals surface area contributed by atoms with E-state index >= 15 is 0 Å². The summed E-state index contributed by atoms with van der Waals surface area (Å²) >= 11 is 1.66. The van der Waals surface area contributed by atoms with Crippen LogP contribution in [0.1, 0.15) is 106 Å². The van der Waals surface area contributed by atoms with Crippen molar-refractivity contribution < 1.29 is 14.3 Å². The summed E-state index contributed by atoms with van der Waals surface area (Å²) in [7, 11) is 1.96. The molecule has 3 aliphatic rings. The maximum Gasteiger partial charge on any atom is 0.220 e. The van der Waals surface area contributed by atoms with Gasteiger partial charge in [0.05, 0.1) is 16.7 Å². The summed E-state index contributed by atoms with van der Waals surface area (Å²) in [5, 5.41) is 13.3. The van der Waals surface area contributed by atoms with E-state index in [1.165, 1.54) is 0 Å². The van der Waals surface area contributed by atoms with E-state index in [-0.39, 0.29) is 35.6 Å².